The average Bonchev–Trinajstić information content (AvgIpc) is 2.81. The van der Waals surface area contributed by atoms with E-state index in [9.17, 15) is 4.79 Å². The minimum atomic E-state index is -0.0174. The zero-order chi connectivity index (χ0) is 22.9. The van der Waals surface area contributed by atoms with E-state index in [0.29, 0.717) is 25.4 Å². The van der Waals surface area contributed by atoms with Gasteiger partial charge in [0.1, 0.15) is 23.9 Å². The maximum Gasteiger partial charge on any atom is 0.138 e. The zero-order valence-corrected chi connectivity index (χ0v) is 19.9. The Kier molecular flexibility index (Phi) is 9.12. The largest absolute Gasteiger partial charge is 0.497 e. The van der Waals surface area contributed by atoms with Crippen molar-refractivity contribution < 1.29 is 19.0 Å². The lowest BCUT2D eigenvalue weighted by Crippen LogP contribution is -2.49. The second kappa shape index (κ2) is 12.0. The van der Waals surface area contributed by atoms with Gasteiger partial charge in [-0.2, -0.15) is 0 Å². The Morgan fingerprint density at radius 2 is 1.84 bits per heavy atom. The molecule has 2 aromatic carbocycles. The van der Waals surface area contributed by atoms with Crippen LogP contribution in [-0.2, 0) is 16.1 Å². The minimum Gasteiger partial charge on any atom is -0.497 e. The van der Waals surface area contributed by atoms with E-state index in [1.54, 1.807) is 14.2 Å². The Balaban J connectivity index is 1.79. The van der Waals surface area contributed by atoms with Crippen molar-refractivity contribution in [2.75, 3.05) is 34.0 Å². The second-order valence-corrected chi connectivity index (χ2v) is 8.61. The van der Waals surface area contributed by atoms with E-state index in [-0.39, 0.29) is 17.9 Å². The van der Waals surface area contributed by atoms with Crippen molar-refractivity contribution in [1.82, 2.24) is 4.90 Å². The molecule has 0 aliphatic carbocycles. The SMILES string of the molecule is CCCC(=O)[C@H]1[C@@H](c2cccc(OCCOC)c2)CCN(Cc2ccc(OC)cc2)[C@H]1C. The number of carbonyl (C=O) groups excluding carboxylic acids is 1. The maximum atomic E-state index is 13.3. The first-order chi connectivity index (χ1) is 15.6. The Labute approximate surface area is 192 Å². The molecule has 0 saturated carbocycles. The molecule has 3 rings (SSSR count). The fraction of sp³-hybridized carbons (Fsp3) is 0.519. The summed E-state index contributed by atoms with van der Waals surface area (Å²) in [5.74, 6) is 2.27. The van der Waals surface area contributed by atoms with Crippen LogP contribution in [0.25, 0.3) is 0 Å². The average molecular weight is 440 g/mol. The van der Waals surface area contributed by atoms with Gasteiger partial charge in [0.25, 0.3) is 0 Å². The van der Waals surface area contributed by atoms with Gasteiger partial charge >= 0.3 is 0 Å². The zero-order valence-electron chi connectivity index (χ0n) is 19.9. The van der Waals surface area contributed by atoms with Gasteiger partial charge in [0.2, 0.25) is 0 Å². The van der Waals surface area contributed by atoms with E-state index in [2.05, 4.69) is 43.0 Å². The highest BCUT2D eigenvalue weighted by atomic mass is 16.5. The molecule has 0 radical (unpaired) electrons. The summed E-state index contributed by atoms with van der Waals surface area (Å²) in [6.45, 7) is 7.18. The van der Waals surface area contributed by atoms with E-state index in [0.717, 1.165) is 37.4 Å². The van der Waals surface area contributed by atoms with Crippen LogP contribution in [0.4, 0.5) is 0 Å². The molecule has 32 heavy (non-hydrogen) atoms. The van der Waals surface area contributed by atoms with Crippen molar-refractivity contribution in [3.8, 4) is 11.5 Å². The molecular weight excluding hydrogens is 402 g/mol. The highest BCUT2D eigenvalue weighted by Gasteiger charge is 2.40. The fourth-order valence-electron chi connectivity index (χ4n) is 4.80. The van der Waals surface area contributed by atoms with Crippen molar-refractivity contribution in [3.05, 3.63) is 59.7 Å². The van der Waals surface area contributed by atoms with Gasteiger partial charge in [0, 0.05) is 32.0 Å². The molecular formula is C27H37NO4. The van der Waals surface area contributed by atoms with E-state index in [1.165, 1.54) is 11.1 Å². The highest BCUT2D eigenvalue weighted by molar-refractivity contribution is 5.83. The first-order valence-electron chi connectivity index (χ1n) is 11.7. The Morgan fingerprint density at radius 1 is 1.06 bits per heavy atom. The van der Waals surface area contributed by atoms with Gasteiger partial charge in [-0.3, -0.25) is 9.69 Å². The molecule has 5 nitrogen and oxygen atoms in total. The molecule has 174 valence electrons. The summed E-state index contributed by atoms with van der Waals surface area (Å²) in [7, 11) is 3.36. The molecule has 3 atom stereocenters. The predicted octanol–water partition coefficient (Wildman–Crippen LogP) is 5.08. The van der Waals surface area contributed by atoms with Gasteiger partial charge in [0.05, 0.1) is 13.7 Å². The summed E-state index contributed by atoms with van der Waals surface area (Å²) < 4.78 is 16.2. The third kappa shape index (κ3) is 6.11. The molecule has 1 heterocycles. The monoisotopic (exact) mass is 439 g/mol. The van der Waals surface area contributed by atoms with Crippen molar-refractivity contribution >= 4 is 5.78 Å². The van der Waals surface area contributed by atoms with E-state index >= 15 is 0 Å². The van der Waals surface area contributed by atoms with Gasteiger partial charge in [-0.1, -0.05) is 31.2 Å². The minimum absolute atomic E-state index is 0.0174. The van der Waals surface area contributed by atoms with E-state index < -0.39 is 0 Å². The Morgan fingerprint density at radius 3 is 2.53 bits per heavy atom. The molecule has 0 unspecified atom stereocenters. The normalized spacial score (nSPS) is 21.3. The standard InChI is InChI=1S/C27H37NO4/c1-5-7-26(29)27-20(2)28(19-21-10-12-23(31-4)13-11-21)15-14-25(27)22-8-6-9-24(18-22)32-17-16-30-3/h6,8-13,18,20,25,27H,5,7,14-17,19H2,1-4H3/t20-,25+,27+/m0/s1. The molecule has 0 spiro atoms. The number of benzene rings is 2. The van der Waals surface area contributed by atoms with Gasteiger partial charge in [-0.15, -0.1) is 0 Å². The van der Waals surface area contributed by atoms with Crippen LogP contribution in [0, 0.1) is 5.92 Å². The molecule has 1 fully saturated rings. The number of nitrogens with zero attached hydrogens (tertiary/aromatic N) is 1. The van der Waals surface area contributed by atoms with Gasteiger partial charge in [-0.05, 0) is 67.6 Å². The van der Waals surface area contributed by atoms with Crippen LogP contribution < -0.4 is 9.47 Å². The van der Waals surface area contributed by atoms with Crippen molar-refractivity contribution in [2.45, 2.75) is 51.6 Å². The number of likely N-dealkylation sites (tertiary alicyclic amines) is 1. The smallest absolute Gasteiger partial charge is 0.138 e. The highest BCUT2D eigenvalue weighted by Crippen LogP contribution is 2.39. The quantitative estimate of drug-likeness (QED) is 0.457. The van der Waals surface area contributed by atoms with Crippen LogP contribution >= 0.6 is 0 Å². The number of rotatable bonds is 11. The summed E-state index contributed by atoms with van der Waals surface area (Å²) in [5.41, 5.74) is 2.44. The molecule has 5 heteroatoms. The molecule has 0 N–H and O–H groups in total. The van der Waals surface area contributed by atoms with Gasteiger partial charge < -0.3 is 14.2 Å². The number of ketones is 1. The maximum absolute atomic E-state index is 13.3. The summed E-state index contributed by atoms with van der Waals surface area (Å²) in [4.78, 5) is 15.7. The lowest BCUT2D eigenvalue weighted by atomic mass is 9.73. The van der Waals surface area contributed by atoms with Crippen LogP contribution in [-0.4, -0.2) is 50.7 Å². The molecule has 1 aliphatic rings. The van der Waals surface area contributed by atoms with E-state index in [4.69, 9.17) is 14.2 Å². The number of ether oxygens (including phenoxy) is 3. The molecule has 0 bridgehead atoms. The summed E-state index contributed by atoms with van der Waals surface area (Å²) >= 11 is 0. The molecule has 2 aromatic rings. The second-order valence-electron chi connectivity index (χ2n) is 8.61. The van der Waals surface area contributed by atoms with Crippen molar-refractivity contribution in [3.63, 3.8) is 0 Å². The molecule has 0 aromatic heterocycles. The first-order valence-corrected chi connectivity index (χ1v) is 11.7. The van der Waals surface area contributed by atoms with Crippen LogP contribution in [0.1, 0.15) is 50.2 Å². The number of hydrogen-bond acceptors (Lipinski definition) is 5. The molecule has 1 aliphatic heterocycles. The number of piperidine rings is 1. The van der Waals surface area contributed by atoms with Gasteiger partial charge in [-0.25, -0.2) is 0 Å². The lowest BCUT2D eigenvalue weighted by Gasteiger charge is -2.44. The van der Waals surface area contributed by atoms with Crippen molar-refractivity contribution in [1.29, 1.82) is 0 Å². The molecule has 0 amide bonds. The Bertz CT molecular complexity index is 851. The number of carbonyl (C=O) groups is 1. The topological polar surface area (TPSA) is 48.0 Å². The lowest BCUT2D eigenvalue weighted by molar-refractivity contribution is -0.127. The van der Waals surface area contributed by atoms with Crippen LogP contribution in [0.5, 0.6) is 11.5 Å². The van der Waals surface area contributed by atoms with Crippen LogP contribution in [0.3, 0.4) is 0 Å². The van der Waals surface area contributed by atoms with Gasteiger partial charge in [0.15, 0.2) is 0 Å². The number of hydrogen-bond donors (Lipinski definition) is 0. The number of Topliss-reactive ketones (excluding diaryl/α,β-unsaturated/α-hetero) is 1. The summed E-state index contributed by atoms with van der Waals surface area (Å²) in [6.07, 6.45) is 2.47. The third-order valence-corrected chi connectivity index (χ3v) is 6.51. The summed E-state index contributed by atoms with van der Waals surface area (Å²) in [6, 6.07) is 16.7. The van der Waals surface area contributed by atoms with Crippen molar-refractivity contribution in [2.24, 2.45) is 5.92 Å². The first kappa shape index (κ1) is 24.3. The number of methoxy groups -OCH3 is 2. The van der Waals surface area contributed by atoms with Crippen LogP contribution in [0.15, 0.2) is 48.5 Å². The third-order valence-electron chi connectivity index (χ3n) is 6.51. The molecule has 1 saturated heterocycles. The van der Waals surface area contributed by atoms with Crippen LogP contribution in [0.2, 0.25) is 0 Å². The van der Waals surface area contributed by atoms with E-state index in [1.807, 2.05) is 24.3 Å². The fourth-order valence-corrected chi connectivity index (χ4v) is 4.80. The predicted molar refractivity (Wildman–Crippen MR) is 127 cm³/mol. The summed E-state index contributed by atoms with van der Waals surface area (Å²) in [5, 5.41) is 0. The Hall–Kier alpha value is -2.37.